The lowest BCUT2D eigenvalue weighted by atomic mass is 9.45. The summed E-state index contributed by atoms with van der Waals surface area (Å²) in [6.45, 7) is 18.8. The first-order valence-electron chi connectivity index (χ1n) is 10.6. The quantitative estimate of drug-likeness (QED) is 0.745. The SMILES string of the molecule is CC(C)C12CC(C(C)C)(C1)N2.CC(C)C12CCC(C(C)C)(CC1)N2. The lowest BCUT2D eigenvalue weighted by Crippen LogP contribution is -2.89. The molecule has 5 fully saturated rings. The van der Waals surface area contributed by atoms with E-state index in [0.717, 1.165) is 23.7 Å². The van der Waals surface area contributed by atoms with Gasteiger partial charge < -0.3 is 10.6 Å². The minimum Gasteiger partial charge on any atom is -0.305 e. The van der Waals surface area contributed by atoms with Gasteiger partial charge in [-0.1, -0.05) is 55.4 Å². The van der Waals surface area contributed by atoms with Crippen LogP contribution < -0.4 is 10.6 Å². The van der Waals surface area contributed by atoms with Crippen LogP contribution in [0, 0.1) is 23.7 Å². The monoisotopic (exact) mass is 334 g/mol. The molecular weight excluding hydrogens is 292 g/mol. The minimum atomic E-state index is 0.504. The van der Waals surface area contributed by atoms with Crippen LogP contribution in [0.2, 0.25) is 0 Å². The summed E-state index contributed by atoms with van der Waals surface area (Å²) in [5.41, 5.74) is 2.13. The number of hydrogen-bond donors (Lipinski definition) is 2. The van der Waals surface area contributed by atoms with E-state index in [0.29, 0.717) is 22.2 Å². The second-order valence-electron chi connectivity index (χ2n) is 10.8. The average molecular weight is 335 g/mol. The molecule has 4 aliphatic heterocycles. The van der Waals surface area contributed by atoms with Crippen LogP contribution in [-0.4, -0.2) is 22.2 Å². The maximum absolute atomic E-state index is 3.95. The first-order chi connectivity index (χ1) is 11.0. The first kappa shape index (κ1) is 18.7. The van der Waals surface area contributed by atoms with Gasteiger partial charge in [0.25, 0.3) is 0 Å². The summed E-state index contributed by atoms with van der Waals surface area (Å²) in [7, 11) is 0. The Labute approximate surface area is 150 Å². The molecule has 0 aromatic rings. The number of nitrogens with one attached hydrogen (secondary N) is 2. The summed E-state index contributed by atoms with van der Waals surface area (Å²) in [5, 5.41) is 7.69. The molecule has 24 heavy (non-hydrogen) atoms. The van der Waals surface area contributed by atoms with Gasteiger partial charge in [-0.15, -0.1) is 0 Å². The van der Waals surface area contributed by atoms with Gasteiger partial charge in [-0.2, -0.15) is 0 Å². The topological polar surface area (TPSA) is 24.1 Å². The average Bonchev–Trinajstić information content (AvgIpc) is 2.93. The van der Waals surface area contributed by atoms with E-state index >= 15 is 0 Å². The van der Waals surface area contributed by atoms with Gasteiger partial charge in [-0.05, 0) is 62.2 Å². The summed E-state index contributed by atoms with van der Waals surface area (Å²) in [6.07, 6.45) is 8.47. The second-order valence-corrected chi connectivity index (χ2v) is 10.8. The zero-order chi connectivity index (χ0) is 18.0. The summed E-state index contributed by atoms with van der Waals surface area (Å²) < 4.78 is 0. The summed E-state index contributed by atoms with van der Waals surface area (Å²) >= 11 is 0. The van der Waals surface area contributed by atoms with E-state index in [-0.39, 0.29) is 0 Å². The van der Waals surface area contributed by atoms with Crippen molar-refractivity contribution in [2.45, 2.75) is 116 Å². The van der Waals surface area contributed by atoms with Crippen LogP contribution in [0.15, 0.2) is 0 Å². The number of hydrogen-bond acceptors (Lipinski definition) is 2. The van der Waals surface area contributed by atoms with Crippen molar-refractivity contribution in [3.63, 3.8) is 0 Å². The maximum atomic E-state index is 3.95. The largest absolute Gasteiger partial charge is 0.305 e. The maximum Gasteiger partial charge on any atom is 0.0245 e. The molecule has 4 bridgehead atoms. The van der Waals surface area contributed by atoms with Gasteiger partial charge in [0, 0.05) is 22.2 Å². The highest BCUT2D eigenvalue weighted by atomic mass is 15.2. The van der Waals surface area contributed by atoms with Crippen LogP contribution in [0.3, 0.4) is 0 Å². The zero-order valence-corrected chi connectivity index (χ0v) is 17.6. The normalized spacial score (nSPS) is 45.5. The van der Waals surface area contributed by atoms with E-state index in [1.165, 1.54) is 38.5 Å². The van der Waals surface area contributed by atoms with E-state index in [4.69, 9.17) is 0 Å². The highest BCUT2D eigenvalue weighted by Gasteiger charge is 2.69. The molecule has 4 saturated heterocycles. The Balaban J connectivity index is 0.000000143. The molecule has 0 aromatic carbocycles. The fourth-order valence-electron chi connectivity index (χ4n) is 5.97. The van der Waals surface area contributed by atoms with Crippen LogP contribution in [0.5, 0.6) is 0 Å². The smallest absolute Gasteiger partial charge is 0.0245 e. The first-order valence-corrected chi connectivity index (χ1v) is 10.6. The molecule has 2 N–H and O–H groups in total. The third-order valence-corrected chi connectivity index (χ3v) is 8.71. The molecule has 140 valence electrons. The van der Waals surface area contributed by atoms with E-state index in [2.05, 4.69) is 66.0 Å². The van der Waals surface area contributed by atoms with Crippen LogP contribution in [0.4, 0.5) is 0 Å². The van der Waals surface area contributed by atoms with E-state index in [9.17, 15) is 0 Å². The molecule has 5 rings (SSSR count). The van der Waals surface area contributed by atoms with Crippen molar-refractivity contribution in [2.24, 2.45) is 23.7 Å². The van der Waals surface area contributed by atoms with Gasteiger partial charge in [-0.3, -0.25) is 0 Å². The zero-order valence-electron chi connectivity index (χ0n) is 17.6. The van der Waals surface area contributed by atoms with Crippen molar-refractivity contribution >= 4 is 0 Å². The Kier molecular flexibility index (Phi) is 4.45. The van der Waals surface area contributed by atoms with Crippen LogP contribution in [0.1, 0.15) is 93.9 Å². The van der Waals surface area contributed by atoms with Crippen molar-refractivity contribution in [3.8, 4) is 0 Å². The summed E-state index contributed by atoms with van der Waals surface area (Å²) in [4.78, 5) is 0. The van der Waals surface area contributed by atoms with Crippen molar-refractivity contribution in [3.05, 3.63) is 0 Å². The van der Waals surface area contributed by atoms with Gasteiger partial charge >= 0.3 is 0 Å². The third kappa shape index (κ3) is 2.50. The Hall–Kier alpha value is -0.0800. The Morgan fingerprint density at radius 3 is 0.833 bits per heavy atom. The standard InChI is InChI=1S/C12H23N.C10H19N/c1-9(2)11-5-7-12(13-11,8-6-11)10(3)4;1-7(2)9-5-10(6-9,11-9)8(3)4/h9-10,13H,5-8H2,1-4H3;7-8,11H,5-6H2,1-4H3. The van der Waals surface area contributed by atoms with Gasteiger partial charge in [-0.25, -0.2) is 0 Å². The van der Waals surface area contributed by atoms with Crippen molar-refractivity contribution < 1.29 is 0 Å². The molecule has 0 atom stereocenters. The fraction of sp³-hybridized carbons (Fsp3) is 1.00. The highest BCUT2D eigenvalue weighted by Crippen LogP contribution is 2.60. The van der Waals surface area contributed by atoms with Crippen molar-refractivity contribution in [2.75, 3.05) is 0 Å². The molecule has 0 spiro atoms. The van der Waals surface area contributed by atoms with Gasteiger partial charge in [0.1, 0.15) is 0 Å². The molecule has 1 saturated carbocycles. The molecule has 0 radical (unpaired) electrons. The highest BCUT2D eigenvalue weighted by molar-refractivity contribution is 5.29. The summed E-state index contributed by atoms with van der Waals surface area (Å²) in [5.74, 6) is 3.25. The van der Waals surface area contributed by atoms with Crippen LogP contribution >= 0.6 is 0 Å². The van der Waals surface area contributed by atoms with Gasteiger partial charge in [0.05, 0.1) is 0 Å². The van der Waals surface area contributed by atoms with E-state index in [1.807, 2.05) is 0 Å². The predicted molar refractivity (Wildman–Crippen MR) is 104 cm³/mol. The number of rotatable bonds is 4. The van der Waals surface area contributed by atoms with E-state index < -0.39 is 0 Å². The Bertz CT molecular complexity index is 407. The summed E-state index contributed by atoms with van der Waals surface area (Å²) in [6, 6.07) is 0. The van der Waals surface area contributed by atoms with Crippen LogP contribution in [0.25, 0.3) is 0 Å². The van der Waals surface area contributed by atoms with Gasteiger partial charge in [0.2, 0.25) is 0 Å². The molecule has 5 aliphatic rings. The molecule has 1 aliphatic carbocycles. The molecule has 4 heterocycles. The second kappa shape index (κ2) is 5.71. The predicted octanol–water partition coefficient (Wildman–Crippen LogP) is 5.13. The minimum absolute atomic E-state index is 0.504. The Morgan fingerprint density at radius 2 is 0.667 bits per heavy atom. The van der Waals surface area contributed by atoms with Gasteiger partial charge in [0.15, 0.2) is 0 Å². The Morgan fingerprint density at radius 1 is 0.458 bits per heavy atom. The molecule has 0 amide bonds. The molecular formula is C22H42N2. The molecule has 0 unspecified atom stereocenters. The lowest BCUT2D eigenvalue weighted by Gasteiger charge is -2.75. The van der Waals surface area contributed by atoms with Crippen molar-refractivity contribution in [1.29, 1.82) is 0 Å². The molecule has 0 aromatic heterocycles. The number of fused-ring (bicyclic) bond motifs is 2. The van der Waals surface area contributed by atoms with Crippen molar-refractivity contribution in [1.82, 2.24) is 10.6 Å². The molecule has 2 nitrogen and oxygen atoms in total. The van der Waals surface area contributed by atoms with Crippen LogP contribution in [-0.2, 0) is 0 Å². The lowest BCUT2D eigenvalue weighted by molar-refractivity contribution is -0.163. The third-order valence-electron chi connectivity index (χ3n) is 8.71. The molecule has 2 heteroatoms. The fourth-order valence-corrected chi connectivity index (χ4v) is 5.97. The van der Waals surface area contributed by atoms with E-state index in [1.54, 1.807) is 0 Å².